The van der Waals surface area contributed by atoms with Gasteiger partial charge in [0.1, 0.15) is 0 Å². The molecular formula is C17H27NOS. The van der Waals surface area contributed by atoms with E-state index < -0.39 is 0 Å². The van der Waals surface area contributed by atoms with Crippen LogP contribution in [0.2, 0.25) is 0 Å². The third-order valence-corrected chi connectivity index (χ3v) is 5.40. The second-order valence-electron chi connectivity index (χ2n) is 5.62. The fraction of sp³-hybridized carbons (Fsp3) is 0.647. The number of thioether (sulfide) groups is 1. The first-order chi connectivity index (χ1) is 9.70. The van der Waals surface area contributed by atoms with Crippen LogP contribution in [0.25, 0.3) is 0 Å². The number of hydrogen-bond acceptors (Lipinski definition) is 3. The van der Waals surface area contributed by atoms with Gasteiger partial charge in [0.25, 0.3) is 0 Å². The number of nitrogens with one attached hydrogen (secondary N) is 1. The average Bonchev–Trinajstić information content (AvgIpc) is 2.47. The highest BCUT2D eigenvalue weighted by Crippen LogP contribution is 2.28. The molecule has 1 unspecified atom stereocenters. The van der Waals surface area contributed by atoms with E-state index in [4.69, 9.17) is 4.74 Å². The smallest absolute Gasteiger partial charge is 0.0476 e. The van der Waals surface area contributed by atoms with Gasteiger partial charge in [-0.15, -0.1) is 0 Å². The summed E-state index contributed by atoms with van der Waals surface area (Å²) in [6.45, 7) is 9.49. The van der Waals surface area contributed by atoms with E-state index in [2.05, 4.69) is 56.0 Å². The fourth-order valence-electron chi connectivity index (χ4n) is 2.72. The Hall–Kier alpha value is -0.510. The summed E-state index contributed by atoms with van der Waals surface area (Å²) in [6.07, 6.45) is 2.41. The van der Waals surface area contributed by atoms with E-state index in [1.807, 2.05) is 0 Å². The highest BCUT2D eigenvalue weighted by molar-refractivity contribution is 7.99. The molecule has 1 aliphatic heterocycles. The Bertz CT molecular complexity index is 415. The molecule has 1 aromatic rings. The van der Waals surface area contributed by atoms with Gasteiger partial charge in [-0.25, -0.2) is 0 Å². The van der Waals surface area contributed by atoms with Crippen molar-refractivity contribution in [3.05, 3.63) is 34.9 Å². The number of benzene rings is 1. The molecular weight excluding hydrogens is 266 g/mol. The Labute approximate surface area is 127 Å². The van der Waals surface area contributed by atoms with Gasteiger partial charge in [-0.1, -0.05) is 30.7 Å². The van der Waals surface area contributed by atoms with Crippen LogP contribution in [0.15, 0.2) is 18.2 Å². The molecule has 1 heterocycles. The van der Waals surface area contributed by atoms with Gasteiger partial charge in [0.15, 0.2) is 0 Å². The molecule has 1 saturated heterocycles. The molecule has 1 N–H and O–H groups in total. The molecule has 20 heavy (non-hydrogen) atoms. The molecule has 1 aromatic carbocycles. The van der Waals surface area contributed by atoms with Gasteiger partial charge < -0.3 is 10.1 Å². The molecule has 0 aliphatic carbocycles. The summed E-state index contributed by atoms with van der Waals surface area (Å²) in [6, 6.07) is 7.25. The maximum Gasteiger partial charge on any atom is 0.0476 e. The Morgan fingerprint density at radius 2 is 2.05 bits per heavy atom. The van der Waals surface area contributed by atoms with Crippen molar-refractivity contribution in [3.8, 4) is 0 Å². The van der Waals surface area contributed by atoms with E-state index in [0.717, 1.165) is 30.8 Å². The molecule has 2 rings (SSSR count). The first-order valence-electron chi connectivity index (χ1n) is 7.70. The minimum Gasteiger partial charge on any atom is -0.381 e. The van der Waals surface area contributed by atoms with Crippen LogP contribution >= 0.6 is 11.8 Å². The van der Waals surface area contributed by atoms with Crippen LogP contribution in [0, 0.1) is 13.8 Å². The lowest BCUT2D eigenvalue weighted by Gasteiger charge is -2.26. The van der Waals surface area contributed by atoms with Gasteiger partial charge in [-0.2, -0.15) is 11.8 Å². The first-order valence-corrected chi connectivity index (χ1v) is 8.75. The van der Waals surface area contributed by atoms with E-state index in [1.54, 1.807) is 0 Å². The molecule has 1 aliphatic rings. The van der Waals surface area contributed by atoms with E-state index in [-0.39, 0.29) is 0 Å². The number of rotatable bonds is 6. The molecule has 112 valence electrons. The standard InChI is InChI=1S/C17H27NOS/c1-4-18-17(12-20-15-7-9-19-10-8-15)16-11-13(2)5-6-14(16)3/h5-6,11,15,17-18H,4,7-10,12H2,1-3H3. The molecule has 1 atom stereocenters. The zero-order chi connectivity index (χ0) is 14.4. The largest absolute Gasteiger partial charge is 0.381 e. The topological polar surface area (TPSA) is 21.3 Å². The van der Waals surface area contributed by atoms with Crippen molar-refractivity contribution in [2.24, 2.45) is 0 Å². The predicted octanol–water partition coefficient (Wildman–Crippen LogP) is 3.87. The molecule has 0 amide bonds. The van der Waals surface area contributed by atoms with Crippen molar-refractivity contribution < 1.29 is 4.74 Å². The van der Waals surface area contributed by atoms with Crippen molar-refractivity contribution in [1.29, 1.82) is 0 Å². The van der Waals surface area contributed by atoms with Gasteiger partial charge in [0, 0.05) is 30.3 Å². The third kappa shape index (κ3) is 4.51. The minimum absolute atomic E-state index is 0.466. The molecule has 2 nitrogen and oxygen atoms in total. The van der Waals surface area contributed by atoms with E-state index in [0.29, 0.717) is 6.04 Å². The zero-order valence-corrected chi connectivity index (χ0v) is 13.8. The van der Waals surface area contributed by atoms with E-state index in [9.17, 15) is 0 Å². The second-order valence-corrected chi connectivity index (χ2v) is 6.95. The van der Waals surface area contributed by atoms with Crippen LogP contribution in [-0.4, -0.2) is 30.8 Å². The lowest BCUT2D eigenvalue weighted by Crippen LogP contribution is -2.26. The molecule has 0 aromatic heterocycles. The van der Waals surface area contributed by atoms with Crippen molar-refractivity contribution in [2.75, 3.05) is 25.5 Å². The molecule has 0 radical (unpaired) electrons. The number of ether oxygens (including phenoxy) is 1. The zero-order valence-electron chi connectivity index (χ0n) is 12.9. The van der Waals surface area contributed by atoms with Crippen molar-refractivity contribution in [1.82, 2.24) is 5.32 Å². The maximum absolute atomic E-state index is 5.44. The summed E-state index contributed by atoms with van der Waals surface area (Å²) in [5.74, 6) is 1.16. The molecule has 0 spiro atoms. The highest BCUT2D eigenvalue weighted by Gasteiger charge is 2.18. The van der Waals surface area contributed by atoms with E-state index in [1.165, 1.54) is 29.5 Å². The van der Waals surface area contributed by atoms with Crippen molar-refractivity contribution in [2.45, 2.75) is 44.9 Å². The van der Waals surface area contributed by atoms with E-state index >= 15 is 0 Å². The van der Waals surface area contributed by atoms with Crippen LogP contribution in [0.3, 0.4) is 0 Å². The highest BCUT2D eigenvalue weighted by atomic mass is 32.2. The van der Waals surface area contributed by atoms with Gasteiger partial charge in [0.2, 0.25) is 0 Å². The summed E-state index contributed by atoms with van der Waals surface area (Å²) in [5, 5.41) is 4.43. The molecule has 0 bridgehead atoms. The first kappa shape index (κ1) is 15.9. The number of hydrogen-bond donors (Lipinski definition) is 1. The van der Waals surface area contributed by atoms with Crippen LogP contribution < -0.4 is 5.32 Å². The lowest BCUT2D eigenvalue weighted by atomic mass is 10.00. The monoisotopic (exact) mass is 293 g/mol. The Kier molecular flexibility index (Phi) is 6.40. The number of aryl methyl sites for hydroxylation is 2. The minimum atomic E-state index is 0.466. The van der Waals surface area contributed by atoms with Gasteiger partial charge in [0.05, 0.1) is 0 Å². The maximum atomic E-state index is 5.44. The third-order valence-electron chi connectivity index (χ3n) is 3.93. The van der Waals surface area contributed by atoms with Gasteiger partial charge in [-0.3, -0.25) is 0 Å². The average molecular weight is 293 g/mol. The fourth-order valence-corrected chi connectivity index (χ4v) is 4.00. The van der Waals surface area contributed by atoms with Crippen molar-refractivity contribution >= 4 is 11.8 Å². The quantitative estimate of drug-likeness (QED) is 0.860. The Morgan fingerprint density at radius 1 is 1.30 bits per heavy atom. The Balaban J connectivity index is 2.00. The lowest BCUT2D eigenvalue weighted by molar-refractivity contribution is 0.1000. The predicted molar refractivity (Wildman–Crippen MR) is 88.6 cm³/mol. The van der Waals surface area contributed by atoms with Crippen LogP contribution in [0.4, 0.5) is 0 Å². The summed E-state index contributed by atoms with van der Waals surface area (Å²) < 4.78 is 5.44. The second kappa shape index (κ2) is 8.06. The van der Waals surface area contributed by atoms with Gasteiger partial charge in [-0.05, 0) is 44.4 Å². The normalized spacial score (nSPS) is 18.1. The SMILES string of the molecule is CCNC(CSC1CCOCC1)c1cc(C)ccc1C. The van der Waals surface area contributed by atoms with Crippen molar-refractivity contribution in [3.63, 3.8) is 0 Å². The van der Waals surface area contributed by atoms with Crippen LogP contribution in [0.1, 0.15) is 42.5 Å². The Morgan fingerprint density at radius 3 is 2.75 bits per heavy atom. The summed E-state index contributed by atoms with van der Waals surface area (Å²) >= 11 is 2.11. The molecule has 1 fully saturated rings. The molecule has 0 saturated carbocycles. The van der Waals surface area contributed by atoms with Crippen LogP contribution in [0.5, 0.6) is 0 Å². The summed E-state index contributed by atoms with van der Waals surface area (Å²) in [4.78, 5) is 0. The molecule has 3 heteroatoms. The summed E-state index contributed by atoms with van der Waals surface area (Å²) in [7, 11) is 0. The van der Waals surface area contributed by atoms with Crippen LogP contribution in [-0.2, 0) is 4.74 Å². The van der Waals surface area contributed by atoms with Gasteiger partial charge >= 0.3 is 0 Å². The summed E-state index contributed by atoms with van der Waals surface area (Å²) in [5.41, 5.74) is 4.21.